The SMILES string of the molecule is CS(=O)(=O)c1c(F)cc(C(=O)O)c(O)c1F. The molecule has 1 aromatic rings. The average Bonchev–Trinajstić information content (AvgIpc) is 2.08. The third-order valence-electron chi connectivity index (χ3n) is 1.75. The van der Waals surface area contributed by atoms with Crippen LogP contribution in [0.4, 0.5) is 8.78 Å². The molecule has 1 rings (SSSR count). The quantitative estimate of drug-likeness (QED) is 0.811. The fraction of sp³-hybridized carbons (Fsp3) is 0.125. The smallest absolute Gasteiger partial charge is 0.339 e. The fourth-order valence-corrected chi connectivity index (χ4v) is 1.93. The Balaban J connectivity index is 3.73. The van der Waals surface area contributed by atoms with E-state index >= 15 is 0 Å². The minimum absolute atomic E-state index is 0.247. The zero-order valence-electron chi connectivity index (χ0n) is 7.86. The molecule has 1 aromatic carbocycles. The van der Waals surface area contributed by atoms with Crippen LogP contribution >= 0.6 is 0 Å². The van der Waals surface area contributed by atoms with Crippen molar-refractivity contribution in [3.63, 3.8) is 0 Å². The molecule has 5 nitrogen and oxygen atoms in total. The lowest BCUT2D eigenvalue weighted by molar-refractivity contribution is 0.0691. The lowest BCUT2D eigenvalue weighted by atomic mass is 10.2. The lowest BCUT2D eigenvalue weighted by Crippen LogP contribution is -2.08. The monoisotopic (exact) mass is 252 g/mol. The Bertz CT molecular complexity index is 564. The highest BCUT2D eigenvalue weighted by molar-refractivity contribution is 7.90. The summed E-state index contributed by atoms with van der Waals surface area (Å²) in [6.45, 7) is 0. The van der Waals surface area contributed by atoms with Gasteiger partial charge in [-0.1, -0.05) is 0 Å². The standard InChI is InChI=1S/C8H6F2O5S/c1-16(14,15)7-4(9)2-3(8(12)13)6(11)5(7)10/h2,11H,1H3,(H,12,13). The molecule has 0 aliphatic carbocycles. The first-order chi connectivity index (χ1) is 7.16. The number of carboxylic acid groups (broad SMARTS) is 1. The van der Waals surface area contributed by atoms with Gasteiger partial charge < -0.3 is 10.2 Å². The molecule has 0 spiro atoms. The molecule has 0 aliphatic heterocycles. The first kappa shape index (κ1) is 12.4. The first-order valence-electron chi connectivity index (χ1n) is 3.80. The van der Waals surface area contributed by atoms with Gasteiger partial charge in [0.15, 0.2) is 21.4 Å². The molecule has 0 radical (unpaired) electrons. The molecular formula is C8H6F2O5S. The number of carboxylic acids is 1. The number of carbonyl (C=O) groups is 1. The second-order valence-corrected chi connectivity index (χ2v) is 4.93. The second kappa shape index (κ2) is 3.71. The minimum Gasteiger partial charge on any atom is -0.504 e. The van der Waals surface area contributed by atoms with Gasteiger partial charge in [0.25, 0.3) is 0 Å². The summed E-state index contributed by atoms with van der Waals surface area (Å²) in [6, 6.07) is 0.247. The number of phenols is 1. The van der Waals surface area contributed by atoms with Crippen molar-refractivity contribution in [3.8, 4) is 5.75 Å². The third kappa shape index (κ3) is 1.96. The molecule has 0 saturated heterocycles. The highest BCUT2D eigenvalue weighted by Crippen LogP contribution is 2.29. The Hall–Kier alpha value is -1.70. The van der Waals surface area contributed by atoms with Gasteiger partial charge in [-0.05, 0) is 6.07 Å². The average molecular weight is 252 g/mol. The summed E-state index contributed by atoms with van der Waals surface area (Å²) in [5, 5.41) is 17.5. The van der Waals surface area contributed by atoms with Crippen molar-refractivity contribution >= 4 is 15.8 Å². The molecule has 2 N–H and O–H groups in total. The molecule has 0 atom stereocenters. The summed E-state index contributed by atoms with van der Waals surface area (Å²) in [5.74, 6) is -6.54. The maximum atomic E-state index is 13.2. The molecule has 0 fully saturated rings. The normalized spacial score (nSPS) is 11.4. The van der Waals surface area contributed by atoms with E-state index in [-0.39, 0.29) is 6.07 Å². The van der Waals surface area contributed by atoms with Crippen LogP contribution < -0.4 is 0 Å². The van der Waals surface area contributed by atoms with Crippen LogP contribution in [0, 0.1) is 11.6 Å². The summed E-state index contributed by atoms with van der Waals surface area (Å²) in [7, 11) is -4.23. The van der Waals surface area contributed by atoms with E-state index in [9.17, 15) is 22.0 Å². The molecule has 0 heterocycles. The first-order valence-corrected chi connectivity index (χ1v) is 5.69. The Labute approximate surface area is 88.9 Å². The fourth-order valence-electron chi connectivity index (χ4n) is 1.09. The van der Waals surface area contributed by atoms with Crippen LogP contribution in [0.1, 0.15) is 10.4 Å². The second-order valence-electron chi connectivity index (χ2n) is 2.97. The number of hydrogen-bond donors (Lipinski definition) is 2. The van der Waals surface area contributed by atoms with E-state index in [1.807, 2.05) is 0 Å². The van der Waals surface area contributed by atoms with E-state index in [1.165, 1.54) is 0 Å². The Morgan fingerprint density at radius 2 is 1.88 bits per heavy atom. The number of hydrogen-bond acceptors (Lipinski definition) is 4. The van der Waals surface area contributed by atoms with Gasteiger partial charge in [-0.15, -0.1) is 0 Å². The molecule has 16 heavy (non-hydrogen) atoms. The summed E-state index contributed by atoms with van der Waals surface area (Å²) in [5.41, 5.74) is -1.04. The van der Waals surface area contributed by atoms with Crippen molar-refractivity contribution in [1.82, 2.24) is 0 Å². The topological polar surface area (TPSA) is 91.7 Å². The predicted octanol–water partition coefficient (Wildman–Crippen LogP) is 0.772. The third-order valence-corrected chi connectivity index (χ3v) is 2.87. The predicted molar refractivity (Wildman–Crippen MR) is 48.1 cm³/mol. The van der Waals surface area contributed by atoms with Crippen LogP contribution in [0.3, 0.4) is 0 Å². The van der Waals surface area contributed by atoms with Crippen LogP contribution in [0.2, 0.25) is 0 Å². The van der Waals surface area contributed by atoms with Crippen LogP contribution in [0.15, 0.2) is 11.0 Å². The highest BCUT2D eigenvalue weighted by Gasteiger charge is 2.27. The Kier molecular flexibility index (Phi) is 2.87. The van der Waals surface area contributed by atoms with Gasteiger partial charge in [-0.3, -0.25) is 0 Å². The maximum absolute atomic E-state index is 13.2. The summed E-state index contributed by atoms with van der Waals surface area (Å²) < 4.78 is 48.3. The van der Waals surface area contributed by atoms with E-state index in [2.05, 4.69) is 0 Å². The molecule has 8 heteroatoms. The number of rotatable bonds is 2. The van der Waals surface area contributed by atoms with Gasteiger partial charge in [-0.25, -0.2) is 22.0 Å². The van der Waals surface area contributed by atoms with E-state index in [4.69, 9.17) is 10.2 Å². The number of aromatic hydroxyl groups is 1. The largest absolute Gasteiger partial charge is 0.504 e. The number of benzene rings is 1. The van der Waals surface area contributed by atoms with Crippen LogP contribution in [0.25, 0.3) is 0 Å². The lowest BCUT2D eigenvalue weighted by Gasteiger charge is -2.06. The number of aromatic carboxylic acids is 1. The minimum atomic E-state index is -4.23. The summed E-state index contributed by atoms with van der Waals surface area (Å²) in [6.07, 6.45) is 0.536. The number of halogens is 2. The molecule has 0 aromatic heterocycles. The van der Waals surface area contributed by atoms with Crippen molar-refractivity contribution in [3.05, 3.63) is 23.3 Å². The van der Waals surface area contributed by atoms with Gasteiger partial charge >= 0.3 is 5.97 Å². The molecule has 88 valence electrons. The van der Waals surface area contributed by atoms with Crippen LogP contribution in [0.5, 0.6) is 5.75 Å². The van der Waals surface area contributed by atoms with E-state index in [0.29, 0.717) is 6.26 Å². The van der Waals surface area contributed by atoms with Crippen molar-refractivity contribution in [2.75, 3.05) is 6.26 Å². The highest BCUT2D eigenvalue weighted by atomic mass is 32.2. The molecule has 0 aliphatic rings. The van der Waals surface area contributed by atoms with Crippen molar-refractivity contribution in [2.45, 2.75) is 4.90 Å². The van der Waals surface area contributed by atoms with Gasteiger partial charge in [0, 0.05) is 6.26 Å². The molecule has 0 unspecified atom stereocenters. The Morgan fingerprint density at radius 1 is 1.38 bits per heavy atom. The van der Waals surface area contributed by atoms with Crippen LogP contribution in [-0.2, 0) is 9.84 Å². The molecule has 0 amide bonds. The van der Waals surface area contributed by atoms with Crippen LogP contribution in [-0.4, -0.2) is 30.9 Å². The number of sulfone groups is 1. The summed E-state index contributed by atoms with van der Waals surface area (Å²) in [4.78, 5) is 9.09. The zero-order valence-corrected chi connectivity index (χ0v) is 8.68. The van der Waals surface area contributed by atoms with E-state index < -0.39 is 43.6 Å². The molecule has 0 bridgehead atoms. The van der Waals surface area contributed by atoms with Gasteiger partial charge in [-0.2, -0.15) is 0 Å². The van der Waals surface area contributed by atoms with Gasteiger partial charge in [0.1, 0.15) is 16.3 Å². The maximum Gasteiger partial charge on any atom is 0.339 e. The Morgan fingerprint density at radius 3 is 2.25 bits per heavy atom. The van der Waals surface area contributed by atoms with Gasteiger partial charge in [0.2, 0.25) is 0 Å². The van der Waals surface area contributed by atoms with Crippen molar-refractivity contribution in [2.24, 2.45) is 0 Å². The molecule has 0 saturated carbocycles. The van der Waals surface area contributed by atoms with E-state index in [1.54, 1.807) is 0 Å². The zero-order chi connectivity index (χ0) is 12.7. The van der Waals surface area contributed by atoms with Gasteiger partial charge in [0.05, 0.1) is 0 Å². The van der Waals surface area contributed by atoms with E-state index in [0.717, 1.165) is 0 Å². The van der Waals surface area contributed by atoms with Crippen molar-refractivity contribution < 1.29 is 32.2 Å². The summed E-state index contributed by atoms with van der Waals surface area (Å²) >= 11 is 0. The van der Waals surface area contributed by atoms with Crippen molar-refractivity contribution in [1.29, 1.82) is 0 Å². The molecular weight excluding hydrogens is 246 g/mol.